The summed E-state index contributed by atoms with van der Waals surface area (Å²) in [7, 11) is 0. The number of carbonyl (C=O) groups is 1. The molecule has 0 bridgehead atoms. The number of aryl methyl sites for hydroxylation is 1. The second kappa shape index (κ2) is 4.11. The summed E-state index contributed by atoms with van der Waals surface area (Å²) in [5.41, 5.74) is 0.577. The Labute approximate surface area is 99.6 Å². The number of thiophene rings is 1. The summed E-state index contributed by atoms with van der Waals surface area (Å²) in [5, 5.41) is 1.30. The summed E-state index contributed by atoms with van der Waals surface area (Å²) in [6.45, 7) is 1.66. The molecule has 0 unspecified atom stereocenters. The van der Waals surface area contributed by atoms with Crippen LogP contribution >= 0.6 is 22.9 Å². The maximum atomic E-state index is 12.3. The van der Waals surface area contributed by atoms with Crippen LogP contribution in [-0.2, 0) is 0 Å². The highest BCUT2D eigenvalue weighted by Gasteiger charge is 2.23. The first-order valence-corrected chi connectivity index (χ1v) is 5.71. The summed E-state index contributed by atoms with van der Waals surface area (Å²) in [5.74, 6) is -1.12. The van der Waals surface area contributed by atoms with Gasteiger partial charge in [-0.25, -0.2) is 8.78 Å². The van der Waals surface area contributed by atoms with E-state index in [0.29, 0.717) is 10.6 Å². The second-order valence-electron chi connectivity index (χ2n) is 3.36. The zero-order valence-electron chi connectivity index (χ0n) is 8.26. The Kier molecular flexibility index (Phi) is 2.95. The van der Waals surface area contributed by atoms with E-state index in [1.807, 2.05) is 0 Å². The van der Waals surface area contributed by atoms with Crippen LogP contribution in [0.4, 0.5) is 8.78 Å². The molecule has 0 N–H and O–H groups in total. The smallest absolute Gasteiger partial charge is 0.287 e. The first-order valence-electron chi connectivity index (χ1n) is 4.51. The van der Waals surface area contributed by atoms with Gasteiger partial charge in [0, 0.05) is 9.72 Å². The van der Waals surface area contributed by atoms with Gasteiger partial charge in [-0.05, 0) is 36.1 Å². The maximum Gasteiger partial charge on any atom is 0.301 e. The number of fused-ring (bicyclic) bond motifs is 1. The van der Waals surface area contributed by atoms with Gasteiger partial charge < -0.3 is 0 Å². The summed E-state index contributed by atoms with van der Waals surface area (Å²) in [4.78, 5) is 11.4. The molecule has 16 heavy (non-hydrogen) atoms. The molecule has 5 heteroatoms. The first-order chi connectivity index (χ1) is 7.50. The fourth-order valence-corrected chi connectivity index (χ4v) is 2.83. The van der Waals surface area contributed by atoms with Gasteiger partial charge in [0.15, 0.2) is 0 Å². The molecular weight excluding hydrogens is 254 g/mol. The number of rotatable bonds is 2. The minimum atomic E-state index is -2.96. The zero-order valence-corrected chi connectivity index (χ0v) is 9.83. The van der Waals surface area contributed by atoms with Gasteiger partial charge in [-0.15, -0.1) is 11.3 Å². The number of alkyl halides is 2. The predicted molar refractivity (Wildman–Crippen MR) is 61.9 cm³/mol. The van der Waals surface area contributed by atoms with Crippen LogP contribution in [0.1, 0.15) is 15.2 Å². The lowest BCUT2D eigenvalue weighted by molar-refractivity contribution is 0.0683. The van der Waals surface area contributed by atoms with Crippen LogP contribution in [0.15, 0.2) is 18.2 Å². The van der Waals surface area contributed by atoms with Gasteiger partial charge in [0.25, 0.3) is 0 Å². The zero-order chi connectivity index (χ0) is 11.9. The van der Waals surface area contributed by atoms with E-state index >= 15 is 0 Å². The van der Waals surface area contributed by atoms with Gasteiger partial charge in [-0.3, -0.25) is 4.79 Å². The quantitative estimate of drug-likeness (QED) is 0.736. The molecule has 0 aliphatic heterocycles. The minimum absolute atomic E-state index is 0.118. The normalized spacial score (nSPS) is 11.3. The Morgan fingerprint density at radius 3 is 2.75 bits per heavy atom. The van der Waals surface area contributed by atoms with E-state index < -0.39 is 12.2 Å². The van der Waals surface area contributed by atoms with Crippen molar-refractivity contribution >= 4 is 38.8 Å². The van der Waals surface area contributed by atoms with Crippen LogP contribution in [0, 0.1) is 6.92 Å². The molecule has 1 aromatic heterocycles. The van der Waals surface area contributed by atoms with E-state index in [1.54, 1.807) is 25.1 Å². The third-order valence-electron chi connectivity index (χ3n) is 2.32. The Morgan fingerprint density at radius 1 is 1.44 bits per heavy atom. The minimum Gasteiger partial charge on any atom is -0.287 e. The van der Waals surface area contributed by atoms with E-state index in [4.69, 9.17) is 11.6 Å². The first kappa shape index (κ1) is 11.5. The number of benzene rings is 1. The van der Waals surface area contributed by atoms with Crippen molar-refractivity contribution in [3.63, 3.8) is 0 Å². The molecule has 0 aliphatic carbocycles. The molecule has 0 aliphatic rings. The van der Waals surface area contributed by atoms with Gasteiger partial charge in [0.1, 0.15) is 0 Å². The fourth-order valence-electron chi connectivity index (χ4n) is 1.53. The van der Waals surface area contributed by atoms with E-state index in [0.717, 1.165) is 21.4 Å². The predicted octanol–water partition coefficient (Wildman–Crippen LogP) is 4.31. The molecule has 0 radical (unpaired) electrons. The summed E-state index contributed by atoms with van der Waals surface area (Å²) < 4.78 is 25.5. The van der Waals surface area contributed by atoms with Crippen LogP contribution in [0.2, 0.25) is 5.02 Å². The van der Waals surface area contributed by atoms with Crippen LogP contribution in [0.25, 0.3) is 10.1 Å². The Morgan fingerprint density at radius 2 is 2.12 bits per heavy atom. The van der Waals surface area contributed by atoms with Crippen LogP contribution in [-0.4, -0.2) is 12.2 Å². The van der Waals surface area contributed by atoms with Gasteiger partial charge >= 0.3 is 6.43 Å². The summed E-state index contributed by atoms with van der Waals surface area (Å²) in [6.07, 6.45) is -2.96. The SMILES string of the molecule is Cc1c(C(=O)C(F)F)sc2ccc(Cl)cc12. The van der Waals surface area contributed by atoms with Gasteiger partial charge in [0.05, 0.1) is 4.88 Å². The molecule has 84 valence electrons. The van der Waals surface area contributed by atoms with Crippen molar-refractivity contribution < 1.29 is 13.6 Å². The highest BCUT2D eigenvalue weighted by Crippen LogP contribution is 2.33. The van der Waals surface area contributed by atoms with Crippen LogP contribution in [0.3, 0.4) is 0 Å². The van der Waals surface area contributed by atoms with Crippen molar-refractivity contribution in [2.75, 3.05) is 0 Å². The van der Waals surface area contributed by atoms with Crippen molar-refractivity contribution in [2.45, 2.75) is 13.3 Å². The highest BCUT2D eigenvalue weighted by atomic mass is 35.5. The third-order valence-corrected chi connectivity index (χ3v) is 3.84. The van der Waals surface area contributed by atoms with Crippen molar-refractivity contribution in [1.29, 1.82) is 0 Å². The standard InChI is InChI=1S/C11H7ClF2OS/c1-5-7-4-6(12)2-3-8(7)16-10(5)9(15)11(13)14/h2-4,11H,1H3. The second-order valence-corrected chi connectivity index (χ2v) is 4.85. The molecule has 2 aromatic rings. The Hall–Kier alpha value is -1.00. The Bertz CT molecular complexity index is 562. The van der Waals surface area contributed by atoms with Crippen LogP contribution in [0.5, 0.6) is 0 Å². The van der Waals surface area contributed by atoms with Crippen LogP contribution < -0.4 is 0 Å². The summed E-state index contributed by atoms with van der Waals surface area (Å²) in [6, 6.07) is 5.10. The topological polar surface area (TPSA) is 17.1 Å². The van der Waals surface area contributed by atoms with E-state index in [1.165, 1.54) is 0 Å². The van der Waals surface area contributed by atoms with Crippen molar-refractivity contribution in [3.8, 4) is 0 Å². The molecule has 0 spiro atoms. The molecule has 1 nitrogen and oxygen atoms in total. The molecule has 0 saturated heterocycles. The molecular formula is C11H7ClF2OS. The van der Waals surface area contributed by atoms with E-state index in [9.17, 15) is 13.6 Å². The van der Waals surface area contributed by atoms with Gasteiger partial charge in [-0.1, -0.05) is 11.6 Å². The van der Waals surface area contributed by atoms with Gasteiger partial charge in [-0.2, -0.15) is 0 Å². The van der Waals surface area contributed by atoms with Crippen molar-refractivity contribution in [2.24, 2.45) is 0 Å². The van der Waals surface area contributed by atoms with Gasteiger partial charge in [0.2, 0.25) is 5.78 Å². The third kappa shape index (κ3) is 1.83. The monoisotopic (exact) mass is 260 g/mol. The van der Waals surface area contributed by atoms with E-state index in [-0.39, 0.29) is 4.88 Å². The lowest BCUT2D eigenvalue weighted by atomic mass is 10.1. The van der Waals surface area contributed by atoms with E-state index in [2.05, 4.69) is 0 Å². The molecule has 1 heterocycles. The lowest BCUT2D eigenvalue weighted by Crippen LogP contribution is -2.09. The Balaban J connectivity index is 2.65. The average Bonchev–Trinajstić information content (AvgIpc) is 2.55. The number of carbonyl (C=O) groups excluding carboxylic acids is 1. The summed E-state index contributed by atoms with van der Waals surface area (Å²) >= 11 is 6.89. The lowest BCUT2D eigenvalue weighted by Gasteiger charge is -1.96. The average molecular weight is 261 g/mol. The maximum absolute atomic E-state index is 12.3. The largest absolute Gasteiger partial charge is 0.301 e. The van der Waals surface area contributed by atoms with Crippen molar-refractivity contribution in [1.82, 2.24) is 0 Å². The molecule has 0 fully saturated rings. The molecule has 1 aromatic carbocycles. The molecule has 0 atom stereocenters. The molecule has 2 rings (SSSR count). The van der Waals surface area contributed by atoms with Crippen molar-refractivity contribution in [3.05, 3.63) is 33.7 Å². The highest BCUT2D eigenvalue weighted by molar-refractivity contribution is 7.21. The number of ketones is 1. The fraction of sp³-hybridized carbons (Fsp3) is 0.182. The number of Topliss-reactive ketones (excluding diaryl/α,β-unsaturated/α-hetero) is 1. The number of hydrogen-bond donors (Lipinski definition) is 0. The number of hydrogen-bond acceptors (Lipinski definition) is 2. The number of halogens is 3. The molecule has 0 amide bonds. The molecule has 0 saturated carbocycles.